The number of benzene rings is 1. The van der Waals surface area contributed by atoms with E-state index >= 15 is 0 Å². The highest BCUT2D eigenvalue weighted by molar-refractivity contribution is 5.93. The number of nitrogens with one attached hydrogen (secondary N) is 2. The normalized spacial score (nSPS) is 18.9. The molecular formula is C22H25N5O3. The molecule has 156 valence electrons. The zero-order valence-electron chi connectivity index (χ0n) is 17.0. The summed E-state index contributed by atoms with van der Waals surface area (Å²) in [4.78, 5) is 35.6. The summed E-state index contributed by atoms with van der Waals surface area (Å²) < 4.78 is 0. The first-order valence-corrected chi connectivity index (χ1v) is 9.98. The second-order valence-corrected chi connectivity index (χ2v) is 7.78. The van der Waals surface area contributed by atoms with Crippen LogP contribution in [0.2, 0.25) is 0 Å². The lowest BCUT2D eigenvalue weighted by molar-refractivity contribution is 0.0697. The van der Waals surface area contributed by atoms with Gasteiger partial charge in [0.05, 0.1) is 5.56 Å². The van der Waals surface area contributed by atoms with Gasteiger partial charge >= 0.3 is 12.0 Å². The van der Waals surface area contributed by atoms with E-state index in [9.17, 15) is 9.59 Å². The SMILES string of the molecule is C[C@@H]1CCN(C(=O)Nc2cccc(C(=O)O)c2)C[C@@H]1N(C)c1ccnc2[nH]ccc12. The number of H-pyrrole nitrogens is 1. The number of hydrogen-bond acceptors (Lipinski definition) is 4. The quantitative estimate of drug-likeness (QED) is 0.613. The number of carbonyl (C=O) groups is 2. The van der Waals surface area contributed by atoms with Gasteiger partial charge in [0.2, 0.25) is 0 Å². The number of carbonyl (C=O) groups excluding carboxylic acids is 1. The average molecular weight is 407 g/mol. The third-order valence-electron chi connectivity index (χ3n) is 5.88. The van der Waals surface area contributed by atoms with Gasteiger partial charge in [-0.05, 0) is 42.7 Å². The van der Waals surface area contributed by atoms with Crippen molar-refractivity contribution >= 4 is 34.4 Å². The summed E-state index contributed by atoms with van der Waals surface area (Å²) in [6.07, 6.45) is 4.56. The number of anilines is 2. The number of carboxylic acids is 1. The molecule has 3 aromatic rings. The van der Waals surface area contributed by atoms with E-state index in [0.717, 1.165) is 23.1 Å². The lowest BCUT2D eigenvalue weighted by Gasteiger charge is -2.42. The second-order valence-electron chi connectivity index (χ2n) is 7.78. The molecule has 2 amide bonds. The molecule has 1 fully saturated rings. The van der Waals surface area contributed by atoms with E-state index in [0.29, 0.717) is 24.7 Å². The van der Waals surface area contributed by atoms with Crippen LogP contribution in [-0.4, -0.2) is 58.2 Å². The van der Waals surface area contributed by atoms with E-state index in [-0.39, 0.29) is 17.6 Å². The maximum Gasteiger partial charge on any atom is 0.335 e. The van der Waals surface area contributed by atoms with Crippen LogP contribution in [0.4, 0.5) is 16.2 Å². The molecule has 1 aliphatic rings. The summed E-state index contributed by atoms with van der Waals surface area (Å²) in [5.41, 5.74) is 2.54. The van der Waals surface area contributed by atoms with Crippen LogP contribution in [0, 0.1) is 5.92 Å². The van der Waals surface area contributed by atoms with Crippen LogP contribution in [-0.2, 0) is 0 Å². The van der Waals surface area contributed by atoms with Gasteiger partial charge in [0.1, 0.15) is 5.65 Å². The number of rotatable bonds is 4. The fraction of sp³-hybridized carbons (Fsp3) is 0.318. The van der Waals surface area contributed by atoms with Gasteiger partial charge in [-0.2, -0.15) is 0 Å². The van der Waals surface area contributed by atoms with Gasteiger partial charge < -0.3 is 25.2 Å². The highest BCUT2D eigenvalue weighted by Crippen LogP contribution is 2.30. The number of aromatic nitrogens is 2. The number of likely N-dealkylation sites (tertiary alicyclic amines) is 1. The van der Waals surface area contributed by atoms with E-state index in [1.165, 1.54) is 12.1 Å². The van der Waals surface area contributed by atoms with E-state index in [1.807, 2.05) is 18.3 Å². The fourth-order valence-corrected chi connectivity index (χ4v) is 4.10. The third-order valence-corrected chi connectivity index (χ3v) is 5.88. The number of likely N-dealkylation sites (N-methyl/N-ethyl adjacent to an activating group) is 1. The molecule has 1 saturated heterocycles. The standard InChI is InChI=1S/C22H25N5O3/c1-14-8-11-27(22(30)25-16-5-3-4-15(12-16)21(28)29)13-19(14)26(2)18-7-10-24-20-17(18)6-9-23-20/h3-7,9-10,12,14,19H,8,11,13H2,1-2H3,(H,23,24)(H,25,30)(H,28,29)/t14-,19+/m1/s1. The van der Waals surface area contributed by atoms with Crippen molar-refractivity contribution < 1.29 is 14.7 Å². The number of urea groups is 1. The predicted octanol–water partition coefficient (Wildman–Crippen LogP) is 3.64. The van der Waals surface area contributed by atoms with Crippen LogP contribution < -0.4 is 10.2 Å². The first-order valence-electron chi connectivity index (χ1n) is 9.98. The number of hydrogen-bond donors (Lipinski definition) is 3. The van der Waals surface area contributed by atoms with Crippen LogP contribution >= 0.6 is 0 Å². The maximum absolute atomic E-state index is 12.9. The van der Waals surface area contributed by atoms with Gasteiger partial charge in [0, 0.05) is 55.3 Å². The van der Waals surface area contributed by atoms with Crippen molar-refractivity contribution in [2.45, 2.75) is 19.4 Å². The van der Waals surface area contributed by atoms with E-state index in [2.05, 4.69) is 34.2 Å². The van der Waals surface area contributed by atoms with Gasteiger partial charge in [0.25, 0.3) is 0 Å². The molecule has 8 nitrogen and oxygen atoms in total. The van der Waals surface area contributed by atoms with Crippen LogP contribution in [0.25, 0.3) is 11.0 Å². The Morgan fingerprint density at radius 2 is 2.13 bits per heavy atom. The van der Waals surface area contributed by atoms with E-state index < -0.39 is 5.97 Å². The van der Waals surface area contributed by atoms with Crippen molar-refractivity contribution in [3.8, 4) is 0 Å². The zero-order chi connectivity index (χ0) is 21.3. The van der Waals surface area contributed by atoms with Crippen LogP contribution in [0.3, 0.4) is 0 Å². The lowest BCUT2D eigenvalue weighted by Crippen LogP contribution is -2.53. The van der Waals surface area contributed by atoms with Gasteiger partial charge in [-0.3, -0.25) is 0 Å². The van der Waals surface area contributed by atoms with Crippen molar-refractivity contribution in [3.63, 3.8) is 0 Å². The molecule has 8 heteroatoms. The van der Waals surface area contributed by atoms with Crippen LogP contribution in [0.1, 0.15) is 23.7 Å². The van der Waals surface area contributed by atoms with Gasteiger partial charge in [-0.15, -0.1) is 0 Å². The van der Waals surface area contributed by atoms with Crippen molar-refractivity contribution in [3.05, 3.63) is 54.4 Å². The second kappa shape index (κ2) is 8.06. The molecule has 2 atom stereocenters. The number of piperidine rings is 1. The monoisotopic (exact) mass is 407 g/mol. The highest BCUT2D eigenvalue weighted by Gasteiger charge is 2.32. The zero-order valence-corrected chi connectivity index (χ0v) is 17.0. The van der Waals surface area contributed by atoms with Crippen LogP contribution in [0.15, 0.2) is 48.8 Å². The van der Waals surface area contributed by atoms with Gasteiger partial charge in [-0.25, -0.2) is 14.6 Å². The van der Waals surface area contributed by atoms with Crippen LogP contribution in [0.5, 0.6) is 0 Å². The Bertz CT molecular complexity index is 1080. The molecule has 0 spiro atoms. The Balaban J connectivity index is 1.50. The fourth-order valence-electron chi connectivity index (χ4n) is 4.10. The first kappa shape index (κ1) is 19.8. The van der Waals surface area contributed by atoms with Gasteiger partial charge in [0.15, 0.2) is 0 Å². The average Bonchev–Trinajstić information content (AvgIpc) is 3.22. The minimum absolute atomic E-state index is 0.144. The molecule has 0 aliphatic carbocycles. The molecule has 0 radical (unpaired) electrons. The molecule has 3 N–H and O–H groups in total. The minimum atomic E-state index is -1.02. The molecule has 0 unspecified atom stereocenters. The molecule has 1 aliphatic heterocycles. The van der Waals surface area contributed by atoms with E-state index in [1.54, 1.807) is 23.2 Å². The Kier molecular flexibility index (Phi) is 5.31. The molecule has 3 heterocycles. The molecule has 2 aromatic heterocycles. The summed E-state index contributed by atoms with van der Waals surface area (Å²) in [6, 6.07) is 10.2. The molecule has 1 aromatic carbocycles. The number of amides is 2. The number of aromatic carboxylic acids is 1. The van der Waals surface area contributed by atoms with Crippen molar-refractivity contribution in [2.75, 3.05) is 30.4 Å². The lowest BCUT2D eigenvalue weighted by atomic mass is 9.92. The third kappa shape index (κ3) is 3.80. The largest absolute Gasteiger partial charge is 0.478 e. The van der Waals surface area contributed by atoms with Crippen molar-refractivity contribution in [1.29, 1.82) is 0 Å². The Morgan fingerprint density at radius 1 is 1.30 bits per heavy atom. The molecule has 4 rings (SSSR count). The highest BCUT2D eigenvalue weighted by atomic mass is 16.4. The van der Waals surface area contributed by atoms with Crippen molar-refractivity contribution in [1.82, 2.24) is 14.9 Å². The molecular weight excluding hydrogens is 382 g/mol. The molecule has 0 bridgehead atoms. The van der Waals surface area contributed by atoms with E-state index in [4.69, 9.17) is 5.11 Å². The summed E-state index contributed by atoms with van der Waals surface area (Å²) in [5.74, 6) is -0.607. The minimum Gasteiger partial charge on any atom is -0.478 e. The molecule has 30 heavy (non-hydrogen) atoms. The number of aromatic amines is 1. The Labute approximate surface area is 174 Å². The smallest absolute Gasteiger partial charge is 0.335 e. The number of pyridine rings is 1. The maximum atomic E-state index is 12.9. The predicted molar refractivity (Wildman–Crippen MR) is 116 cm³/mol. The number of fused-ring (bicyclic) bond motifs is 1. The first-order chi connectivity index (χ1) is 14.4. The summed E-state index contributed by atoms with van der Waals surface area (Å²) in [6.45, 7) is 3.45. The summed E-state index contributed by atoms with van der Waals surface area (Å²) in [5, 5.41) is 13.0. The topological polar surface area (TPSA) is 102 Å². The molecule has 0 saturated carbocycles. The Morgan fingerprint density at radius 3 is 2.93 bits per heavy atom. The van der Waals surface area contributed by atoms with Gasteiger partial charge in [-0.1, -0.05) is 13.0 Å². The summed E-state index contributed by atoms with van der Waals surface area (Å²) in [7, 11) is 2.06. The number of carboxylic acid groups (broad SMARTS) is 1. The summed E-state index contributed by atoms with van der Waals surface area (Å²) >= 11 is 0. The Hall–Kier alpha value is -3.55. The van der Waals surface area contributed by atoms with Crippen molar-refractivity contribution in [2.24, 2.45) is 5.92 Å². The number of nitrogens with zero attached hydrogens (tertiary/aromatic N) is 3.